The summed E-state index contributed by atoms with van der Waals surface area (Å²) in [7, 11) is -4.64. The van der Waals surface area contributed by atoms with Gasteiger partial charge in [-0.05, 0) is 0 Å². The molecule has 0 atom stereocenters. The maximum absolute atomic E-state index is 8.88. The van der Waals surface area contributed by atoms with Crippen molar-refractivity contribution in [1.82, 2.24) is 30.8 Å². The van der Waals surface area contributed by atoms with Gasteiger partial charge in [0.2, 0.25) is 0 Å². The largest absolute Gasteiger partial charge is 0.466 e. The third kappa shape index (κ3) is 46600. The quantitative estimate of drug-likeness (QED) is 0.243. The first-order valence-electron chi connectivity index (χ1n) is 0.783. The van der Waals surface area contributed by atoms with Crippen molar-refractivity contribution in [3.63, 3.8) is 0 Å². The molecule has 0 spiro atoms. The van der Waals surface area contributed by atoms with E-state index >= 15 is 0 Å². The molecule has 0 aliphatic rings. The van der Waals surface area contributed by atoms with Crippen LogP contribution < -0.4 is 30.8 Å². The number of hydrogen-bond acceptors (Lipinski definition) is 6. The van der Waals surface area contributed by atoms with Gasteiger partial charge in [0.15, 0.2) is 0 Å². The van der Waals surface area contributed by atoms with E-state index in [2.05, 4.69) is 0 Å². The summed E-state index contributed by atoms with van der Waals surface area (Å²) in [6, 6.07) is 0. The highest BCUT2D eigenvalue weighted by Gasteiger charge is 2.00. The van der Waals surface area contributed by atoms with Gasteiger partial charge in [0.05, 0.1) is 0 Å². The van der Waals surface area contributed by atoms with E-state index in [1.807, 2.05) is 0 Å². The predicted molar refractivity (Wildman–Crippen MR) is 43.6 cm³/mol. The maximum atomic E-state index is 8.88. The van der Waals surface area contributed by atoms with E-state index in [0.717, 1.165) is 0 Å². The van der Waals surface area contributed by atoms with Crippen LogP contribution in [0.5, 0.6) is 0 Å². The summed E-state index contributed by atoms with van der Waals surface area (Å²) < 4.78 is 8.88. The molecular formula is H22N5O4P. The van der Waals surface area contributed by atoms with Crippen molar-refractivity contribution in [2.45, 2.75) is 0 Å². The van der Waals surface area contributed by atoms with E-state index in [1.165, 1.54) is 0 Å². The molecule has 0 aromatic heterocycles. The van der Waals surface area contributed by atoms with E-state index in [-0.39, 0.29) is 33.6 Å². The number of phosphoric acid groups is 1. The molecular weight excluding hydrogens is 165 g/mol. The minimum atomic E-state index is -4.64. The molecule has 0 bridgehead atoms. The van der Waals surface area contributed by atoms with E-state index in [1.54, 1.807) is 0 Å². The first-order valence-corrected chi connectivity index (χ1v) is 2.35. The topological polar surface area (TPSA) is 253 Å². The van der Waals surface area contributed by atoms with Crippen LogP contribution in [0.25, 0.3) is 0 Å². The monoisotopic (exact) mass is 187 g/mol. The number of rotatable bonds is 0. The molecule has 0 fully saturated rings. The van der Waals surface area contributed by atoms with Gasteiger partial charge in [-0.3, -0.25) is 0 Å². The smallest absolute Gasteiger partial charge is 0.344 e. The molecule has 10 heavy (non-hydrogen) atoms. The van der Waals surface area contributed by atoms with Crippen molar-refractivity contribution in [3.05, 3.63) is 0 Å². The Morgan fingerprint density at radius 1 is 0.800 bits per heavy atom. The molecule has 9 nitrogen and oxygen atoms in total. The van der Waals surface area contributed by atoms with Crippen molar-refractivity contribution in [3.8, 4) is 0 Å². The van der Waals surface area contributed by atoms with E-state index in [0.29, 0.717) is 0 Å². The Hall–Kier alpha value is -0.0900. The fraction of sp³-hybridized carbons (Fsp3) is 0. The summed E-state index contributed by atoms with van der Waals surface area (Å²) in [6.07, 6.45) is 0. The van der Waals surface area contributed by atoms with Crippen molar-refractivity contribution < 1.29 is 22.1 Å². The molecule has 0 amide bonds. The maximum Gasteiger partial charge on any atom is 0.466 e. The molecule has 0 aliphatic heterocycles. The normalized spacial score (nSPS) is 5.90. The van der Waals surface area contributed by atoms with Crippen molar-refractivity contribution >= 4 is 7.82 Å². The van der Waals surface area contributed by atoms with Crippen molar-refractivity contribution in [1.29, 1.82) is 0 Å². The van der Waals surface area contributed by atoms with Gasteiger partial charge in [-0.25, -0.2) is 4.57 Å². The Labute approximate surface area is 62.0 Å². The van der Waals surface area contributed by atoms with Crippen molar-refractivity contribution in [2.24, 2.45) is 0 Å². The molecule has 0 rings (SSSR count). The summed E-state index contributed by atoms with van der Waals surface area (Å²) in [4.78, 5) is 21.6. The zero-order valence-corrected chi connectivity index (χ0v) is 6.63. The van der Waals surface area contributed by atoms with Gasteiger partial charge in [-0.2, -0.15) is 0 Å². The van der Waals surface area contributed by atoms with Crippen LogP contribution in [-0.2, 0) is 4.57 Å². The molecule has 0 aromatic rings. The molecule has 0 unspecified atom stereocenters. The highest BCUT2D eigenvalue weighted by molar-refractivity contribution is 7.45. The third-order valence-corrected chi connectivity index (χ3v) is 0. The van der Waals surface area contributed by atoms with Gasteiger partial charge in [-0.1, -0.05) is 0 Å². The van der Waals surface area contributed by atoms with Crippen LogP contribution in [0.2, 0.25) is 0 Å². The minimum absolute atomic E-state index is 0. The van der Waals surface area contributed by atoms with E-state index in [4.69, 9.17) is 19.2 Å². The lowest BCUT2D eigenvalue weighted by atomic mass is 14.0. The molecule has 76 valence electrons. The SMILES string of the molecule is N.N.N.N.N.O=P(O)(O)O.[HH].[HH]. The molecule has 0 saturated heterocycles. The van der Waals surface area contributed by atoms with Gasteiger partial charge in [-0.15, -0.1) is 0 Å². The Kier molecular flexibility index (Phi) is 82.1. The molecule has 0 aromatic carbocycles. The highest BCUT2D eigenvalue weighted by atomic mass is 31.2. The molecule has 18 N–H and O–H groups in total. The number of hydrogen-bond donors (Lipinski definition) is 8. The highest BCUT2D eigenvalue weighted by Crippen LogP contribution is 2.25. The minimum Gasteiger partial charge on any atom is -0.344 e. The standard InChI is InChI=1S/5H3N.H3O4P.2H2/c;;;;;1-5(2,3)4;;/h5*1H3;(H3,1,2,3,4);2*1H. The van der Waals surface area contributed by atoms with E-state index in [9.17, 15) is 0 Å². The first kappa shape index (κ1) is 51.5. The van der Waals surface area contributed by atoms with Crippen LogP contribution in [0.3, 0.4) is 0 Å². The van der Waals surface area contributed by atoms with Gasteiger partial charge in [0.25, 0.3) is 0 Å². The lowest BCUT2D eigenvalue weighted by molar-refractivity contribution is 0.275. The van der Waals surface area contributed by atoms with Crippen LogP contribution in [0.15, 0.2) is 0 Å². The van der Waals surface area contributed by atoms with Gasteiger partial charge in [0.1, 0.15) is 0 Å². The third-order valence-electron chi connectivity index (χ3n) is 0. The lowest BCUT2D eigenvalue weighted by Crippen LogP contribution is -1.66. The van der Waals surface area contributed by atoms with Gasteiger partial charge in [0, 0.05) is 2.85 Å². The first-order chi connectivity index (χ1) is 2.00. The zero-order valence-electron chi connectivity index (χ0n) is 5.73. The van der Waals surface area contributed by atoms with E-state index < -0.39 is 7.82 Å². The van der Waals surface area contributed by atoms with Crippen molar-refractivity contribution in [2.75, 3.05) is 0 Å². The Morgan fingerprint density at radius 3 is 0.800 bits per heavy atom. The fourth-order valence-corrected chi connectivity index (χ4v) is 0. The summed E-state index contributed by atoms with van der Waals surface area (Å²) in [5.41, 5.74) is 0. The average Bonchev–Trinajstić information content (AvgIpc) is 0.722. The fourth-order valence-electron chi connectivity index (χ4n) is 0. The molecule has 0 radical (unpaired) electrons. The molecule has 0 aliphatic carbocycles. The summed E-state index contributed by atoms with van der Waals surface area (Å²) >= 11 is 0. The van der Waals surface area contributed by atoms with Crippen LogP contribution >= 0.6 is 7.82 Å². The Balaban J connectivity index is -0.00000000381. The Bertz CT molecular complexity index is 67.6. The second-order valence-electron chi connectivity index (χ2n) is 0.513. The second-order valence-corrected chi connectivity index (χ2v) is 1.54. The predicted octanol–water partition coefficient (Wildman–Crippen LogP) is 0.373. The van der Waals surface area contributed by atoms with Crippen LogP contribution in [0.4, 0.5) is 0 Å². The van der Waals surface area contributed by atoms with Gasteiger partial charge < -0.3 is 45.4 Å². The lowest BCUT2D eigenvalue weighted by Gasteiger charge is -1.82. The van der Waals surface area contributed by atoms with Crippen LogP contribution in [-0.4, -0.2) is 14.7 Å². The molecule has 0 saturated carbocycles. The summed E-state index contributed by atoms with van der Waals surface area (Å²) in [5, 5.41) is 0. The summed E-state index contributed by atoms with van der Waals surface area (Å²) in [5.74, 6) is 0. The van der Waals surface area contributed by atoms with Crippen LogP contribution in [0, 0.1) is 0 Å². The van der Waals surface area contributed by atoms with Crippen LogP contribution in [0.1, 0.15) is 2.85 Å². The second kappa shape index (κ2) is 16.0. The zero-order chi connectivity index (χ0) is 4.50. The molecule has 0 heterocycles. The molecule has 10 heteroatoms. The van der Waals surface area contributed by atoms with Gasteiger partial charge >= 0.3 is 7.82 Å². The Morgan fingerprint density at radius 2 is 0.800 bits per heavy atom. The summed E-state index contributed by atoms with van der Waals surface area (Å²) in [6.45, 7) is 0. The average molecular weight is 187 g/mol.